The van der Waals surface area contributed by atoms with Gasteiger partial charge in [-0.15, -0.1) is 0 Å². The molecule has 2 unspecified atom stereocenters. The molecule has 2 aromatic carbocycles. The van der Waals surface area contributed by atoms with Crippen molar-refractivity contribution < 1.29 is 19.8 Å². The Morgan fingerprint density at radius 1 is 1.09 bits per heavy atom. The molecule has 0 bridgehead atoms. The number of aliphatic hydroxyl groups excluding tert-OH is 1. The summed E-state index contributed by atoms with van der Waals surface area (Å²) in [5.74, 6) is -1.22. The fraction of sp³-hybridized carbons (Fsp3) is 0.444. The third-order valence-electron chi connectivity index (χ3n) is 7.18. The first-order valence-corrected chi connectivity index (χ1v) is 12.1. The zero-order valence-electron chi connectivity index (χ0n) is 19.4. The van der Waals surface area contributed by atoms with Gasteiger partial charge in [0.25, 0.3) is 0 Å². The molecule has 34 heavy (non-hydrogen) atoms. The number of carboxylic acids is 1. The highest BCUT2D eigenvalue weighted by molar-refractivity contribution is 6.09. The number of carbonyl (C=O) groups excluding carboxylic acids is 1. The van der Waals surface area contributed by atoms with Crippen LogP contribution in [0.5, 0.6) is 0 Å². The van der Waals surface area contributed by atoms with E-state index in [0.717, 1.165) is 29.8 Å². The van der Waals surface area contributed by atoms with E-state index in [2.05, 4.69) is 10.1 Å². The van der Waals surface area contributed by atoms with Gasteiger partial charge in [0.15, 0.2) is 5.78 Å². The number of ketones is 1. The third kappa shape index (κ3) is 5.21. The number of aryl methyl sites for hydroxylation is 1. The summed E-state index contributed by atoms with van der Waals surface area (Å²) >= 11 is 0. The van der Waals surface area contributed by atoms with Gasteiger partial charge in [-0.1, -0.05) is 36.4 Å². The normalized spacial score (nSPS) is 22.5. The maximum atomic E-state index is 13.2. The summed E-state index contributed by atoms with van der Waals surface area (Å²) in [6, 6.07) is 12.9. The number of aliphatic hydroxyl groups is 1. The second-order valence-electron chi connectivity index (χ2n) is 9.43. The van der Waals surface area contributed by atoms with Gasteiger partial charge in [0.2, 0.25) is 0 Å². The van der Waals surface area contributed by atoms with Crippen LogP contribution in [0.4, 0.5) is 0 Å². The minimum atomic E-state index is -0.919. The summed E-state index contributed by atoms with van der Waals surface area (Å²) in [7, 11) is 0. The second kappa shape index (κ2) is 10.5. The predicted molar refractivity (Wildman–Crippen MR) is 131 cm³/mol. The smallest absolute Gasteiger partial charge is 0.303 e. The number of hydrogen-bond acceptors (Lipinski definition) is 6. The first-order valence-electron chi connectivity index (χ1n) is 12.1. The first-order chi connectivity index (χ1) is 16.4. The van der Waals surface area contributed by atoms with Gasteiger partial charge in [0, 0.05) is 36.4 Å². The van der Waals surface area contributed by atoms with E-state index in [1.54, 1.807) is 6.07 Å². The van der Waals surface area contributed by atoms with Crippen molar-refractivity contribution in [3.8, 4) is 0 Å². The van der Waals surface area contributed by atoms with Crippen LogP contribution in [-0.4, -0.2) is 52.9 Å². The standard InChI is InChI=1S/C27H33N3O4/c28-27(12-15-31)23(17-25(32)33)10-8-21-16-22(9-11-24(21)27)26(34)20-6-4-19(5-7-20)18-29-30-13-2-1-3-14-30/h4-7,9,11,16,18,23,31H,1-3,8,10,12-15,17,28H2,(H,32,33). The van der Waals surface area contributed by atoms with Crippen molar-refractivity contribution >= 4 is 18.0 Å². The second-order valence-corrected chi connectivity index (χ2v) is 9.43. The molecule has 7 nitrogen and oxygen atoms in total. The van der Waals surface area contributed by atoms with Crippen molar-refractivity contribution in [2.75, 3.05) is 19.7 Å². The fourth-order valence-corrected chi connectivity index (χ4v) is 5.25. The molecule has 1 aliphatic heterocycles. The number of benzene rings is 2. The maximum Gasteiger partial charge on any atom is 0.303 e. The minimum Gasteiger partial charge on any atom is -0.481 e. The molecule has 180 valence electrons. The third-order valence-corrected chi connectivity index (χ3v) is 7.18. The van der Waals surface area contributed by atoms with Crippen molar-refractivity contribution in [1.82, 2.24) is 5.01 Å². The molecule has 2 aromatic rings. The Morgan fingerprint density at radius 2 is 1.79 bits per heavy atom. The monoisotopic (exact) mass is 463 g/mol. The van der Waals surface area contributed by atoms with E-state index < -0.39 is 11.5 Å². The topological polar surface area (TPSA) is 116 Å². The fourth-order valence-electron chi connectivity index (χ4n) is 5.25. The van der Waals surface area contributed by atoms with Crippen LogP contribution < -0.4 is 5.73 Å². The van der Waals surface area contributed by atoms with Crippen molar-refractivity contribution in [1.29, 1.82) is 0 Å². The lowest BCUT2D eigenvalue weighted by Gasteiger charge is -2.42. The zero-order chi connectivity index (χ0) is 24.1. The van der Waals surface area contributed by atoms with E-state index in [1.165, 1.54) is 19.3 Å². The van der Waals surface area contributed by atoms with Crippen LogP contribution in [0.25, 0.3) is 0 Å². The van der Waals surface area contributed by atoms with Gasteiger partial charge >= 0.3 is 5.97 Å². The summed E-state index contributed by atoms with van der Waals surface area (Å²) in [6.07, 6.45) is 6.98. The number of hydrazone groups is 1. The number of nitrogens with two attached hydrogens (primary N) is 1. The maximum absolute atomic E-state index is 13.2. The van der Waals surface area contributed by atoms with E-state index >= 15 is 0 Å². The number of carbonyl (C=O) groups is 2. The molecule has 0 radical (unpaired) electrons. The average Bonchev–Trinajstić information content (AvgIpc) is 2.85. The summed E-state index contributed by atoms with van der Waals surface area (Å²) in [5.41, 5.74) is 9.69. The largest absolute Gasteiger partial charge is 0.481 e. The Labute approximate surface area is 200 Å². The number of hydrogen-bond donors (Lipinski definition) is 3. The number of fused-ring (bicyclic) bond motifs is 1. The number of rotatable bonds is 8. The quantitative estimate of drug-likeness (QED) is 0.409. The van der Waals surface area contributed by atoms with Gasteiger partial charge < -0.3 is 15.9 Å². The molecule has 4 rings (SSSR count). The summed E-state index contributed by atoms with van der Waals surface area (Å²) < 4.78 is 0. The van der Waals surface area contributed by atoms with Crippen molar-refractivity contribution in [3.05, 3.63) is 70.3 Å². The molecular formula is C27H33N3O4. The number of nitrogens with zero attached hydrogens (tertiary/aromatic N) is 2. The molecule has 0 saturated carbocycles. The molecule has 0 aromatic heterocycles. The summed E-state index contributed by atoms with van der Waals surface area (Å²) in [4.78, 5) is 24.5. The van der Waals surface area contributed by atoms with E-state index in [0.29, 0.717) is 24.0 Å². The van der Waals surface area contributed by atoms with E-state index in [1.807, 2.05) is 42.6 Å². The highest BCUT2D eigenvalue weighted by Crippen LogP contribution is 2.42. The molecule has 1 heterocycles. The van der Waals surface area contributed by atoms with Gasteiger partial charge in [-0.25, -0.2) is 0 Å². The Hall–Kier alpha value is -3.03. The van der Waals surface area contributed by atoms with Crippen LogP contribution in [0.15, 0.2) is 47.6 Å². The Balaban J connectivity index is 1.51. The summed E-state index contributed by atoms with van der Waals surface area (Å²) in [6.45, 7) is 1.86. The molecule has 0 amide bonds. The van der Waals surface area contributed by atoms with E-state index in [9.17, 15) is 19.8 Å². The minimum absolute atomic E-state index is 0.0377. The Bertz CT molecular complexity index is 1060. The molecule has 2 aliphatic rings. The van der Waals surface area contributed by atoms with Crippen molar-refractivity contribution in [3.63, 3.8) is 0 Å². The van der Waals surface area contributed by atoms with Gasteiger partial charge in [0.05, 0.1) is 12.6 Å². The predicted octanol–water partition coefficient (Wildman–Crippen LogP) is 3.31. The van der Waals surface area contributed by atoms with Gasteiger partial charge in [-0.3, -0.25) is 14.6 Å². The van der Waals surface area contributed by atoms with Crippen LogP contribution in [-0.2, 0) is 16.8 Å². The Morgan fingerprint density at radius 3 is 2.47 bits per heavy atom. The van der Waals surface area contributed by atoms with E-state index in [4.69, 9.17) is 5.73 Å². The van der Waals surface area contributed by atoms with Crippen molar-refractivity contribution in [2.45, 2.75) is 50.5 Å². The lowest BCUT2D eigenvalue weighted by atomic mass is 9.66. The SMILES string of the molecule is NC1(CCO)c2ccc(C(=O)c3ccc(C=NN4CCCCC4)cc3)cc2CCC1CC(=O)O. The lowest BCUT2D eigenvalue weighted by Crippen LogP contribution is -2.49. The van der Waals surface area contributed by atoms with Crippen LogP contribution in [0.1, 0.15) is 71.1 Å². The molecular weight excluding hydrogens is 430 g/mol. The first kappa shape index (κ1) is 24.1. The number of aliphatic carboxylic acids is 1. The van der Waals surface area contributed by atoms with Gasteiger partial charge in [-0.05, 0) is 67.2 Å². The average molecular weight is 464 g/mol. The van der Waals surface area contributed by atoms with E-state index in [-0.39, 0.29) is 31.1 Å². The molecule has 1 aliphatic carbocycles. The summed E-state index contributed by atoms with van der Waals surface area (Å²) in [5, 5.41) is 25.5. The lowest BCUT2D eigenvalue weighted by molar-refractivity contribution is -0.139. The van der Waals surface area contributed by atoms with Crippen LogP contribution in [0.2, 0.25) is 0 Å². The van der Waals surface area contributed by atoms with Gasteiger partial charge in [0.1, 0.15) is 0 Å². The highest BCUT2D eigenvalue weighted by Gasteiger charge is 2.41. The van der Waals surface area contributed by atoms with Crippen LogP contribution in [0, 0.1) is 5.92 Å². The van der Waals surface area contributed by atoms with Gasteiger partial charge in [-0.2, -0.15) is 5.10 Å². The molecule has 1 saturated heterocycles. The number of carboxylic acid groups (broad SMARTS) is 1. The highest BCUT2D eigenvalue weighted by atomic mass is 16.4. The van der Waals surface area contributed by atoms with Crippen LogP contribution in [0.3, 0.4) is 0 Å². The number of piperidine rings is 1. The molecule has 4 N–H and O–H groups in total. The molecule has 7 heteroatoms. The zero-order valence-corrected chi connectivity index (χ0v) is 19.4. The molecule has 2 atom stereocenters. The molecule has 1 fully saturated rings. The van der Waals surface area contributed by atoms with Crippen LogP contribution >= 0.6 is 0 Å². The Kier molecular flexibility index (Phi) is 7.44. The van der Waals surface area contributed by atoms with Crippen molar-refractivity contribution in [2.24, 2.45) is 16.8 Å². The molecule has 0 spiro atoms.